The third-order valence-corrected chi connectivity index (χ3v) is 6.36. The topological polar surface area (TPSA) is 83.6 Å². The van der Waals surface area contributed by atoms with E-state index >= 15 is 0 Å². The minimum absolute atomic E-state index is 0. The lowest BCUT2D eigenvalue weighted by Gasteiger charge is -2.32. The first-order chi connectivity index (χ1) is 12.2. The summed E-state index contributed by atoms with van der Waals surface area (Å²) < 4.78 is 38.7. The fourth-order valence-corrected chi connectivity index (χ4v) is 4.36. The van der Waals surface area contributed by atoms with Gasteiger partial charge in [0.1, 0.15) is 11.6 Å². The molecule has 2 rings (SSSR count). The van der Waals surface area contributed by atoms with Crippen molar-refractivity contribution in [2.45, 2.75) is 31.1 Å². The molecule has 152 valence electrons. The largest absolute Gasteiger partial charge is 0.342 e. The van der Waals surface area contributed by atoms with Gasteiger partial charge in [0.15, 0.2) is 15.6 Å². The zero-order valence-corrected chi connectivity index (χ0v) is 17.2. The van der Waals surface area contributed by atoms with Crippen molar-refractivity contribution in [3.63, 3.8) is 0 Å². The minimum Gasteiger partial charge on any atom is -0.342 e. The van der Waals surface area contributed by atoms with E-state index in [1.165, 1.54) is 13.0 Å². The Morgan fingerprint density at radius 1 is 1.26 bits per heavy atom. The molecule has 1 N–H and O–H groups in total. The Morgan fingerprint density at radius 3 is 2.41 bits per heavy atom. The summed E-state index contributed by atoms with van der Waals surface area (Å²) in [6.45, 7) is 3.21. The molecule has 1 aliphatic rings. The van der Waals surface area contributed by atoms with E-state index in [0.717, 1.165) is 37.9 Å². The quantitative estimate of drug-likeness (QED) is 0.683. The molecule has 0 atom stereocenters. The molecule has 0 unspecified atom stereocenters. The molecule has 1 amide bonds. The van der Waals surface area contributed by atoms with Gasteiger partial charge in [-0.25, -0.2) is 12.8 Å². The van der Waals surface area contributed by atoms with E-state index in [9.17, 15) is 22.4 Å². The summed E-state index contributed by atoms with van der Waals surface area (Å²) in [6.07, 6.45) is 2.75. The third kappa shape index (κ3) is 6.26. The molecular formula is C18H26ClFN2O4S. The SMILES string of the molecule is CNCCC1CCN(C(=O)CS(=O)(=O)c2ccc(C(C)=O)c(F)c2)CC1.Cl. The van der Waals surface area contributed by atoms with Crippen LogP contribution in [0.3, 0.4) is 0 Å². The first-order valence-corrected chi connectivity index (χ1v) is 10.4. The van der Waals surface area contributed by atoms with Gasteiger partial charge in [0.25, 0.3) is 0 Å². The highest BCUT2D eigenvalue weighted by Gasteiger charge is 2.27. The number of nitrogens with zero attached hydrogens (tertiary/aromatic N) is 1. The number of halogens is 2. The van der Waals surface area contributed by atoms with Crippen molar-refractivity contribution in [3.05, 3.63) is 29.6 Å². The fourth-order valence-electron chi connectivity index (χ4n) is 3.13. The van der Waals surface area contributed by atoms with E-state index in [0.29, 0.717) is 19.0 Å². The number of sulfone groups is 1. The lowest BCUT2D eigenvalue weighted by Crippen LogP contribution is -2.41. The van der Waals surface area contributed by atoms with Crippen LogP contribution in [0, 0.1) is 11.7 Å². The minimum atomic E-state index is -3.95. The van der Waals surface area contributed by atoms with Crippen molar-refractivity contribution < 1.29 is 22.4 Å². The fraction of sp³-hybridized carbons (Fsp3) is 0.556. The van der Waals surface area contributed by atoms with Crippen molar-refractivity contribution >= 4 is 33.9 Å². The highest BCUT2D eigenvalue weighted by molar-refractivity contribution is 7.92. The number of hydrogen-bond donors (Lipinski definition) is 1. The van der Waals surface area contributed by atoms with E-state index in [2.05, 4.69) is 5.32 Å². The monoisotopic (exact) mass is 420 g/mol. The van der Waals surface area contributed by atoms with Crippen molar-refractivity contribution in [2.24, 2.45) is 5.92 Å². The molecule has 1 aliphatic heterocycles. The van der Waals surface area contributed by atoms with Crippen LogP contribution < -0.4 is 5.32 Å². The molecule has 27 heavy (non-hydrogen) atoms. The van der Waals surface area contributed by atoms with Crippen LogP contribution in [0.15, 0.2) is 23.1 Å². The normalized spacial score (nSPS) is 15.3. The molecule has 1 saturated heterocycles. The molecule has 0 radical (unpaired) electrons. The summed E-state index contributed by atoms with van der Waals surface area (Å²) >= 11 is 0. The van der Waals surface area contributed by atoms with Crippen molar-refractivity contribution in [3.8, 4) is 0 Å². The number of benzene rings is 1. The van der Waals surface area contributed by atoms with Crippen LogP contribution in [0.25, 0.3) is 0 Å². The van der Waals surface area contributed by atoms with E-state index in [1.54, 1.807) is 4.90 Å². The second-order valence-corrected chi connectivity index (χ2v) is 8.66. The lowest BCUT2D eigenvalue weighted by molar-refractivity contribution is -0.129. The van der Waals surface area contributed by atoms with Crippen LogP contribution in [0.2, 0.25) is 0 Å². The Morgan fingerprint density at radius 2 is 1.89 bits per heavy atom. The summed E-state index contributed by atoms with van der Waals surface area (Å²) in [5.74, 6) is -1.99. The van der Waals surface area contributed by atoms with Gasteiger partial charge in [-0.2, -0.15) is 0 Å². The highest BCUT2D eigenvalue weighted by Crippen LogP contribution is 2.22. The molecule has 0 saturated carbocycles. The number of carbonyl (C=O) groups is 2. The summed E-state index contributed by atoms with van der Waals surface area (Å²) in [6, 6.07) is 3.12. The van der Waals surface area contributed by atoms with Crippen molar-refractivity contribution in [1.29, 1.82) is 0 Å². The predicted molar refractivity (Wildman–Crippen MR) is 104 cm³/mol. The third-order valence-electron chi connectivity index (χ3n) is 4.76. The second-order valence-electron chi connectivity index (χ2n) is 6.67. The van der Waals surface area contributed by atoms with E-state index in [1.807, 2.05) is 7.05 Å². The Hall–Kier alpha value is -1.51. The number of ketones is 1. The molecule has 9 heteroatoms. The summed E-state index contributed by atoms with van der Waals surface area (Å²) in [7, 11) is -2.06. The number of carbonyl (C=O) groups excluding carboxylic acids is 2. The predicted octanol–water partition coefficient (Wildman–Crippen LogP) is 2.07. The molecule has 1 fully saturated rings. The Kier molecular flexibility index (Phi) is 8.84. The van der Waals surface area contributed by atoms with Gasteiger partial charge in [-0.05, 0) is 63.9 Å². The summed E-state index contributed by atoms with van der Waals surface area (Å²) in [4.78, 5) is 24.9. The van der Waals surface area contributed by atoms with Crippen LogP contribution in [-0.4, -0.2) is 57.4 Å². The molecule has 6 nitrogen and oxygen atoms in total. The Balaban J connectivity index is 0.00000364. The molecule has 1 aromatic rings. The number of piperidine rings is 1. The Bertz CT molecular complexity index is 778. The summed E-state index contributed by atoms with van der Waals surface area (Å²) in [5, 5.41) is 3.10. The number of nitrogens with one attached hydrogen (secondary N) is 1. The maximum Gasteiger partial charge on any atom is 0.238 e. The lowest BCUT2D eigenvalue weighted by atomic mass is 9.93. The molecule has 0 spiro atoms. The van der Waals surface area contributed by atoms with Crippen molar-refractivity contribution in [1.82, 2.24) is 10.2 Å². The second kappa shape index (κ2) is 10.1. The maximum absolute atomic E-state index is 13.9. The van der Waals surface area contributed by atoms with Gasteiger partial charge in [0.05, 0.1) is 10.5 Å². The van der Waals surface area contributed by atoms with Gasteiger partial charge in [-0.1, -0.05) is 0 Å². The van der Waals surface area contributed by atoms with E-state index in [4.69, 9.17) is 0 Å². The number of amides is 1. The molecular weight excluding hydrogens is 395 g/mol. The Labute approximate surface area is 165 Å². The van der Waals surface area contributed by atoms with E-state index in [-0.39, 0.29) is 22.9 Å². The van der Waals surface area contributed by atoms with Crippen molar-refractivity contribution in [2.75, 3.05) is 32.4 Å². The van der Waals surface area contributed by atoms with Gasteiger partial charge in [0.2, 0.25) is 5.91 Å². The van der Waals surface area contributed by atoms with Gasteiger partial charge in [-0.3, -0.25) is 9.59 Å². The maximum atomic E-state index is 13.9. The molecule has 0 aliphatic carbocycles. The first-order valence-electron chi connectivity index (χ1n) is 8.70. The molecule has 0 aromatic heterocycles. The van der Waals surface area contributed by atoms with Gasteiger partial charge >= 0.3 is 0 Å². The van der Waals surface area contributed by atoms with Gasteiger partial charge in [0, 0.05) is 13.1 Å². The highest BCUT2D eigenvalue weighted by atomic mass is 35.5. The average Bonchev–Trinajstić information content (AvgIpc) is 2.59. The number of likely N-dealkylation sites (tertiary alicyclic amines) is 1. The van der Waals surface area contributed by atoms with E-state index < -0.39 is 33.1 Å². The standard InChI is InChI=1S/C18H25FN2O4S.ClH/c1-13(22)16-4-3-15(11-17(16)19)26(24,25)12-18(23)21-9-6-14(7-10-21)5-8-20-2;/h3-4,11,14,20H,5-10,12H2,1-2H3;1H. The average molecular weight is 421 g/mol. The smallest absolute Gasteiger partial charge is 0.238 e. The van der Waals surface area contributed by atoms with Gasteiger partial charge < -0.3 is 10.2 Å². The zero-order valence-electron chi connectivity index (χ0n) is 15.5. The van der Waals surface area contributed by atoms with Crippen LogP contribution in [0.4, 0.5) is 4.39 Å². The zero-order chi connectivity index (χ0) is 19.3. The van der Waals surface area contributed by atoms with Crippen LogP contribution in [-0.2, 0) is 14.6 Å². The number of Topliss-reactive ketones (excluding diaryl/α,β-unsaturated/α-hetero) is 1. The van der Waals surface area contributed by atoms with Crippen LogP contribution in [0.1, 0.15) is 36.5 Å². The number of rotatable bonds is 7. The molecule has 1 aromatic carbocycles. The first kappa shape index (κ1) is 23.5. The molecule has 0 bridgehead atoms. The van der Waals surface area contributed by atoms with Crippen LogP contribution in [0.5, 0.6) is 0 Å². The van der Waals surface area contributed by atoms with Crippen LogP contribution >= 0.6 is 12.4 Å². The summed E-state index contributed by atoms with van der Waals surface area (Å²) in [5.41, 5.74) is -0.168. The number of hydrogen-bond acceptors (Lipinski definition) is 5. The molecule has 1 heterocycles. The van der Waals surface area contributed by atoms with Gasteiger partial charge in [-0.15, -0.1) is 12.4 Å².